The fourth-order valence-corrected chi connectivity index (χ4v) is 2.66. The molecule has 0 fully saturated rings. The van der Waals surface area contributed by atoms with Gasteiger partial charge in [0.15, 0.2) is 0 Å². The number of nitrogens with zero attached hydrogens (tertiary/aromatic N) is 1. The number of hydrogen-bond acceptors (Lipinski definition) is 4. The molecule has 0 saturated carbocycles. The van der Waals surface area contributed by atoms with Gasteiger partial charge in [-0.05, 0) is 12.8 Å². The Kier molecular flexibility index (Phi) is 6.99. The molecule has 0 aromatic heterocycles. The monoisotopic (exact) mass is 338 g/mol. The second kappa shape index (κ2) is 8.31. The van der Waals surface area contributed by atoms with Crippen LogP contribution in [0.3, 0.4) is 0 Å². The summed E-state index contributed by atoms with van der Waals surface area (Å²) in [5.41, 5.74) is -0.597. The lowest BCUT2D eigenvalue weighted by Gasteiger charge is -2.30. The second-order valence-corrected chi connectivity index (χ2v) is 7.17. The molecule has 136 valence electrons. The maximum absolute atomic E-state index is 13.0. The van der Waals surface area contributed by atoms with Crippen molar-refractivity contribution >= 4 is 17.7 Å². The van der Waals surface area contributed by atoms with Crippen molar-refractivity contribution in [1.82, 2.24) is 10.2 Å². The van der Waals surface area contributed by atoms with E-state index < -0.39 is 11.5 Å². The van der Waals surface area contributed by atoms with E-state index in [1.165, 1.54) is 18.1 Å². The van der Waals surface area contributed by atoms with Gasteiger partial charge < -0.3 is 10.1 Å². The minimum Gasteiger partial charge on any atom is -0.499 e. The zero-order valence-corrected chi connectivity index (χ0v) is 15.6. The van der Waals surface area contributed by atoms with E-state index in [2.05, 4.69) is 5.32 Å². The molecular weight excluding hydrogens is 308 g/mol. The minimum absolute atomic E-state index is 0.201. The van der Waals surface area contributed by atoms with Gasteiger partial charge >= 0.3 is 0 Å². The van der Waals surface area contributed by atoms with Crippen LogP contribution >= 0.6 is 0 Å². The second-order valence-electron chi connectivity index (χ2n) is 7.17. The summed E-state index contributed by atoms with van der Waals surface area (Å²) in [7, 11) is 1.50. The van der Waals surface area contributed by atoms with E-state index in [4.69, 9.17) is 4.74 Å². The van der Waals surface area contributed by atoms with E-state index in [1.807, 2.05) is 13.8 Å². The summed E-state index contributed by atoms with van der Waals surface area (Å²) in [5.74, 6) is -0.428. The third-order valence-electron chi connectivity index (χ3n) is 4.04. The Hall–Kier alpha value is -1.85. The van der Waals surface area contributed by atoms with Gasteiger partial charge in [-0.1, -0.05) is 47.5 Å². The zero-order chi connectivity index (χ0) is 18.5. The van der Waals surface area contributed by atoms with Crippen LogP contribution in [0.2, 0.25) is 0 Å². The number of ether oxygens (including phenoxy) is 1. The van der Waals surface area contributed by atoms with Crippen LogP contribution in [0.5, 0.6) is 0 Å². The minimum atomic E-state index is -0.699. The van der Waals surface area contributed by atoms with Crippen LogP contribution in [-0.2, 0) is 19.1 Å². The summed E-state index contributed by atoms with van der Waals surface area (Å²) in [6, 6.07) is -1.08. The Morgan fingerprint density at radius 1 is 1.29 bits per heavy atom. The van der Waals surface area contributed by atoms with Crippen LogP contribution in [0, 0.1) is 5.41 Å². The topological polar surface area (TPSA) is 75.7 Å². The molecule has 0 spiro atoms. The lowest BCUT2D eigenvalue weighted by molar-refractivity contribution is -0.147. The summed E-state index contributed by atoms with van der Waals surface area (Å²) in [4.78, 5) is 38.8. The summed E-state index contributed by atoms with van der Waals surface area (Å²) < 4.78 is 5.26. The van der Waals surface area contributed by atoms with E-state index in [9.17, 15) is 14.4 Å². The average Bonchev–Trinajstić information content (AvgIpc) is 2.81. The van der Waals surface area contributed by atoms with Gasteiger partial charge in [0.1, 0.15) is 11.8 Å². The fourth-order valence-electron chi connectivity index (χ4n) is 2.66. The van der Waals surface area contributed by atoms with Crippen molar-refractivity contribution in [1.29, 1.82) is 0 Å². The molecule has 3 amide bonds. The first-order chi connectivity index (χ1) is 11.2. The SMILES string of the molecule is CCC[C@@H]1C(OC)=CC(=O)N1C(=O)[C@@H](CCC)NC(=O)C(C)(C)C. The number of methoxy groups -OCH3 is 1. The molecule has 0 bridgehead atoms. The highest BCUT2D eigenvalue weighted by Gasteiger charge is 2.41. The molecular formula is C18H30N2O4. The number of amides is 3. The third-order valence-corrected chi connectivity index (χ3v) is 4.04. The average molecular weight is 338 g/mol. The molecule has 6 nitrogen and oxygen atoms in total. The molecule has 0 aromatic carbocycles. The van der Waals surface area contributed by atoms with Crippen molar-refractivity contribution in [2.75, 3.05) is 7.11 Å². The molecule has 1 N–H and O–H groups in total. The van der Waals surface area contributed by atoms with Crippen molar-refractivity contribution in [3.05, 3.63) is 11.8 Å². The molecule has 1 heterocycles. The standard InChI is InChI=1S/C18H30N2O4/c1-7-9-12(19-17(23)18(3,4)5)16(22)20-13(10-8-2)14(24-6)11-15(20)21/h11-13H,7-10H2,1-6H3,(H,19,23)/t12-,13-/m1/s1. The summed E-state index contributed by atoms with van der Waals surface area (Å²) in [6.07, 6.45) is 4.04. The van der Waals surface area contributed by atoms with E-state index in [0.717, 1.165) is 12.8 Å². The fraction of sp³-hybridized carbons (Fsp3) is 0.722. The Bertz CT molecular complexity index is 520. The van der Waals surface area contributed by atoms with Gasteiger partial charge in [0.05, 0.1) is 13.2 Å². The molecule has 0 saturated heterocycles. The van der Waals surface area contributed by atoms with Crippen LogP contribution in [0.25, 0.3) is 0 Å². The Balaban J connectivity index is 3.01. The molecule has 1 aliphatic heterocycles. The number of carbonyl (C=O) groups is 3. The van der Waals surface area contributed by atoms with Crippen LogP contribution in [-0.4, -0.2) is 41.8 Å². The number of imide groups is 1. The van der Waals surface area contributed by atoms with Gasteiger partial charge in [-0.15, -0.1) is 0 Å². The predicted octanol–water partition coefficient (Wildman–Crippen LogP) is 2.39. The van der Waals surface area contributed by atoms with Crippen molar-refractivity contribution in [3.8, 4) is 0 Å². The Labute approximate surface area is 144 Å². The van der Waals surface area contributed by atoms with Crippen LogP contribution in [0.15, 0.2) is 11.8 Å². The Morgan fingerprint density at radius 3 is 2.38 bits per heavy atom. The molecule has 0 aromatic rings. The van der Waals surface area contributed by atoms with Crippen molar-refractivity contribution in [3.63, 3.8) is 0 Å². The number of nitrogens with one attached hydrogen (secondary N) is 1. The molecule has 0 radical (unpaired) electrons. The Morgan fingerprint density at radius 2 is 1.92 bits per heavy atom. The molecule has 1 rings (SSSR count). The van der Waals surface area contributed by atoms with Crippen molar-refractivity contribution < 1.29 is 19.1 Å². The van der Waals surface area contributed by atoms with E-state index >= 15 is 0 Å². The van der Waals surface area contributed by atoms with Crippen LogP contribution in [0.1, 0.15) is 60.3 Å². The van der Waals surface area contributed by atoms with Crippen molar-refractivity contribution in [2.45, 2.75) is 72.4 Å². The first-order valence-corrected chi connectivity index (χ1v) is 8.60. The summed E-state index contributed by atoms with van der Waals surface area (Å²) >= 11 is 0. The summed E-state index contributed by atoms with van der Waals surface area (Å²) in [6.45, 7) is 9.31. The van der Waals surface area contributed by atoms with Gasteiger partial charge in [0.2, 0.25) is 5.91 Å². The van der Waals surface area contributed by atoms with E-state index in [1.54, 1.807) is 20.8 Å². The lowest BCUT2D eigenvalue weighted by Crippen LogP contribution is -2.53. The van der Waals surface area contributed by atoms with Gasteiger partial charge in [-0.3, -0.25) is 19.3 Å². The third kappa shape index (κ3) is 4.58. The number of rotatable bonds is 7. The first-order valence-electron chi connectivity index (χ1n) is 8.60. The van der Waals surface area contributed by atoms with E-state index in [-0.39, 0.29) is 23.8 Å². The van der Waals surface area contributed by atoms with Crippen molar-refractivity contribution in [2.24, 2.45) is 5.41 Å². The normalized spacial score (nSPS) is 19.1. The number of hydrogen-bond donors (Lipinski definition) is 1. The number of carbonyl (C=O) groups excluding carboxylic acids is 3. The van der Waals surface area contributed by atoms with Gasteiger partial charge in [-0.2, -0.15) is 0 Å². The summed E-state index contributed by atoms with van der Waals surface area (Å²) in [5, 5.41) is 2.80. The molecule has 2 atom stereocenters. The zero-order valence-electron chi connectivity index (χ0n) is 15.6. The highest BCUT2D eigenvalue weighted by molar-refractivity contribution is 6.06. The molecule has 0 aliphatic carbocycles. The van der Waals surface area contributed by atoms with Gasteiger partial charge in [0, 0.05) is 11.5 Å². The molecule has 6 heteroatoms. The lowest BCUT2D eigenvalue weighted by atomic mass is 9.94. The van der Waals surface area contributed by atoms with E-state index in [0.29, 0.717) is 18.6 Å². The van der Waals surface area contributed by atoms with Gasteiger partial charge in [-0.25, -0.2) is 0 Å². The maximum Gasteiger partial charge on any atom is 0.257 e. The molecule has 0 unspecified atom stereocenters. The quantitative estimate of drug-likeness (QED) is 0.773. The van der Waals surface area contributed by atoms with Crippen LogP contribution in [0.4, 0.5) is 0 Å². The largest absolute Gasteiger partial charge is 0.499 e. The van der Waals surface area contributed by atoms with Gasteiger partial charge in [0.25, 0.3) is 11.8 Å². The predicted molar refractivity (Wildman–Crippen MR) is 91.9 cm³/mol. The molecule has 24 heavy (non-hydrogen) atoms. The smallest absolute Gasteiger partial charge is 0.257 e. The highest BCUT2D eigenvalue weighted by Crippen LogP contribution is 2.26. The molecule has 1 aliphatic rings. The maximum atomic E-state index is 13.0. The highest BCUT2D eigenvalue weighted by atomic mass is 16.5. The van der Waals surface area contributed by atoms with Crippen LogP contribution < -0.4 is 5.32 Å². The first kappa shape index (κ1) is 20.2.